The predicted molar refractivity (Wildman–Crippen MR) is 147 cm³/mol. The van der Waals surface area contributed by atoms with Crippen molar-refractivity contribution in [1.29, 1.82) is 0 Å². The number of carbonyl (C=O) groups is 5. The molecule has 1 amide bonds. The van der Waals surface area contributed by atoms with Crippen LogP contribution in [0.4, 0.5) is 0 Å². The second kappa shape index (κ2) is 9.68. The molecule has 2 aromatic carbocycles. The molecule has 2 aromatic rings. The molecule has 0 spiro atoms. The number of likely N-dealkylation sites (N-methyl/N-ethyl adjacent to an activating group) is 1. The van der Waals surface area contributed by atoms with Gasteiger partial charge < -0.3 is 21.1 Å². The van der Waals surface area contributed by atoms with Gasteiger partial charge in [-0.25, -0.2) is 0 Å². The summed E-state index contributed by atoms with van der Waals surface area (Å²) < 4.78 is 0. The van der Waals surface area contributed by atoms with Crippen LogP contribution in [-0.2, 0) is 19.2 Å². The lowest BCUT2D eigenvalue weighted by Gasteiger charge is -2.56. The maximum absolute atomic E-state index is 14.1. The van der Waals surface area contributed by atoms with E-state index in [2.05, 4.69) is 13.8 Å². The Labute approximate surface area is 237 Å². The smallest absolute Gasteiger partial charge is 0.235 e. The van der Waals surface area contributed by atoms with E-state index in [4.69, 9.17) is 5.73 Å². The molecule has 0 aliphatic heterocycles. The molecule has 41 heavy (non-hydrogen) atoms. The zero-order valence-electron chi connectivity index (χ0n) is 23.5. The maximum atomic E-state index is 14.1. The molecule has 216 valence electrons. The second-order valence-corrected chi connectivity index (χ2v) is 12.1. The third-order valence-electron chi connectivity index (χ3n) is 9.36. The molecule has 2 fully saturated rings. The lowest BCUT2D eigenvalue weighted by Crippen LogP contribution is -2.77. The van der Waals surface area contributed by atoms with Gasteiger partial charge in [-0.3, -0.25) is 28.9 Å². The van der Waals surface area contributed by atoms with Crippen LogP contribution in [0.1, 0.15) is 54.1 Å². The van der Waals surface area contributed by atoms with E-state index in [1.807, 2.05) is 24.3 Å². The summed E-state index contributed by atoms with van der Waals surface area (Å²) in [6.45, 7) is 5.83. The van der Waals surface area contributed by atoms with Crippen LogP contribution in [0.2, 0.25) is 0 Å². The van der Waals surface area contributed by atoms with E-state index in [-0.39, 0.29) is 11.3 Å². The number of primary amides is 1. The quantitative estimate of drug-likeness (QED) is 0.399. The number of rotatable bonds is 4. The molecule has 0 saturated heterocycles. The molecule has 3 aliphatic rings. The molecule has 0 heterocycles. The van der Waals surface area contributed by atoms with Gasteiger partial charge in [0, 0.05) is 5.92 Å². The Balaban J connectivity index is 1.72. The Morgan fingerprint density at radius 2 is 1.61 bits per heavy atom. The van der Waals surface area contributed by atoms with Gasteiger partial charge in [0.05, 0.1) is 29.5 Å². The van der Waals surface area contributed by atoms with Gasteiger partial charge >= 0.3 is 0 Å². The van der Waals surface area contributed by atoms with Gasteiger partial charge in [-0.05, 0) is 54.3 Å². The number of fused-ring (bicyclic) bond motifs is 3. The summed E-state index contributed by atoms with van der Waals surface area (Å²) in [6.07, 6.45) is -1.68. The number of hydrogen-bond donors (Lipinski definition) is 4. The Morgan fingerprint density at radius 1 is 1.00 bits per heavy atom. The highest BCUT2D eigenvalue weighted by Crippen LogP contribution is 2.55. The number of carbonyl (C=O) groups excluding carboxylic acids is 5. The summed E-state index contributed by atoms with van der Waals surface area (Å²) in [5.41, 5.74) is 5.13. The zero-order chi connectivity index (χ0) is 30.3. The van der Waals surface area contributed by atoms with E-state index in [0.29, 0.717) is 17.0 Å². The van der Waals surface area contributed by atoms with Crippen molar-refractivity contribution in [2.24, 2.45) is 29.4 Å². The molecule has 0 aromatic heterocycles. The van der Waals surface area contributed by atoms with Crippen LogP contribution >= 0.6 is 0 Å². The fourth-order valence-electron chi connectivity index (χ4n) is 7.37. The first-order valence-electron chi connectivity index (χ1n) is 13.6. The Kier molecular flexibility index (Phi) is 6.80. The van der Waals surface area contributed by atoms with E-state index in [1.54, 1.807) is 13.0 Å². The summed E-state index contributed by atoms with van der Waals surface area (Å²) in [6, 6.07) is 9.34. The van der Waals surface area contributed by atoms with Crippen LogP contribution < -0.4 is 5.73 Å². The van der Waals surface area contributed by atoms with Gasteiger partial charge in [-0.15, -0.1) is 0 Å². The van der Waals surface area contributed by atoms with Crippen molar-refractivity contribution in [3.05, 3.63) is 53.1 Å². The maximum Gasteiger partial charge on any atom is 0.235 e. The van der Waals surface area contributed by atoms with E-state index < -0.39 is 76.4 Å². The summed E-state index contributed by atoms with van der Waals surface area (Å²) in [5.74, 6) is -13.1. The highest BCUT2D eigenvalue weighted by Gasteiger charge is 2.73. The topological polar surface area (TPSA) is 175 Å². The highest BCUT2D eigenvalue weighted by atomic mass is 16.3. The van der Waals surface area contributed by atoms with E-state index in [9.17, 15) is 39.3 Å². The second-order valence-electron chi connectivity index (χ2n) is 12.1. The van der Waals surface area contributed by atoms with Gasteiger partial charge in [-0.1, -0.05) is 51.1 Å². The number of phenolic OH excluding ortho intramolecular Hbond substituents is 1. The summed E-state index contributed by atoms with van der Waals surface area (Å²) >= 11 is 0. The number of nitrogens with zero attached hydrogens (tertiary/aromatic N) is 1. The number of aliphatic hydroxyl groups is 2. The van der Waals surface area contributed by atoms with Gasteiger partial charge in [0.2, 0.25) is 5.91 Å². The summed E-state index contributed by atoms with van der Waals surface area (Å²) in [7, 11) is 2.92. The number of ketones is 4. The number of Topliss-reactive ketones (excluding diaryl/α,β-unsaturated/α-hetero) is 4. The third-order valence-corrected chi connectivity index (χ3v) is 9.36. The van der Waals surface area contributed by atoms with Crippen molar-refractivity contribution in [2.45, 2.75) is 50.4 Å². The average Bonchev–Trinajstić information content (AvgIpc) is 2.90. The minimum absolute atomic E-state index is 0.123. The monoisotopic (exact) mass is 562 g/mol. The minimum atomic E-state index is -3.02. The normalized spacial score (nSPS) is 33.0. The number of hydrogen-bond acceptors (Lipinski definition) is 9. The van der Waals surface area contributed by atoms with Gasteiger partial charge in [0.15, 0.2) is 34.7 Å². The Hall–Kier alpha value is -3.73. The van der Waals surface area contributed by atoms with Crippen LogP contribution in [0.15, 0.2) is 36.4 Å². The van der Waals surface area contributed by atoms with Gasteiger partial charge in [0.25, 0.3) is 0 Å². The molecule has 10 nitrogen and oxygen atoms in total. The number of aromatic hydroxyl groups is 1. The Bertz CT molecular complexity index is 1500. The van der Waals surface area contributed by atoms with E-state index in [0.717, 1.165) is 11.1 Å². The van der Waals surface area contributed by atoms with Crippen molar-refractivity contribution in [3.8, 4) is 16.9 Å². The van der Waals surface area contributed by atoms with Crippen molar-refractivity contribution in [3.63, 3.8) is 0 Å². The fraction of sp³-hybridized carbons (Fsp3) is 0.452. The van der Waals surface area contributed by atoms with Gasteiger partial charge in [0.1, 0.15) is 5.75 Å². The molecule has 0 bridgehead atoms. The van der Waals surface area contributed by atoms with E-state index in [1.165, 1.54) is 25.1 Å². The first kappa shape index (κ1) is 28.8. The molecule has 0 radical (unpaired) electrons. The Morgan fingerprint density at radius 3 is 2.15 bits per heavy atom. The van der Waals surface area contributed by atoms with Crippen LogP contribution in [0.3, 0.4) is 0 Å². The van der Waals surface area contributed by atoms with Crippen LogP contribution in [0.5, 0.6) is 5.75 Å². The summed E-state index contributed by atoms with van der Waals surface area (Å²) in [5, 5.41) is 34.4. The molecule has 8 atom stereocenters. The number of phenols is 1. The zero-order valence-corrected chi connectivity index (χ0v) is 23.5. The minimum Gasteiger partial charge on any atom is -0.507 e. The number of benzene rings is 2. The van der Waals surface area contributed by atoms with Crippen LogP contribution in [0.25, 0.3) is 11.1 Å². The average molecular weight is 563 g/mol. The fourth-order valence-corrected chi connectivity index (χ4v) is 7.37. The predicted octanol–water partition coefficient (Wildman–Crippen LogP) is 1.19. The summed E-state index contributed by atoms with van der Waals surface area (Å²) in [4.78, 5) is 68.4. The molecule has 2 unspecified atom stereocenters. The van der Waals surface area contributed by atoms with Crippen molar-refractivity contribution in [1.82, 2.24) is 4.90 Å². The molecular formula is C31H34N2O8. The van der Waals surface area contributed by atoms with Crippen molar-refractivity contribution >= 4 is 29.0 Å². The number of nitrogens with two attached hydrogens (primary N) is 1. The SMILES string of the molecule is CC(C)c1ccc(-c2ccc(O)c3c2[C@@H](C)[C@H]2C(C3=O)C(=O)[C@@]3(O)C(=O)C(C(N)=O)C(=O)[C@H](N(C)C)[C@H]3[C@@H]2O)cc1. The molecular weight excluding hydrogens is 528 g/mol. The lowest BCUT2D eigenvalue weighted by molar-refractivity contribution is -0.196. The van der Waals surface area contributed by atoms with Crippen LogP contribution in [0, 0.1) is 23.7 Å². The molecule has 3 aliphatic carbocycles. The lowest BCUT2D eigenvalue weighted by atomic mass is 9.49. The van der Waals surface area contributed by atoms with Crippen molar-refractivity contribution in [2.75, 3.05) is 14.1 Å². The van der Waals surface area contributed by atoms with Crippen molar-refractivity contribution < 1.29 is 39.3 Å². The molecule has 2 saturated carbocycles. The molecule has 5 rings (SSSR count). The molecule has 5 N–H and O–H groups in total. The van der Waals surface area contributed by atoms with E-state index >= 15 is 0 Å². The highest BCUT2D eigenvalue weighted by molar-refractivity contribution is 6.32. The number of aliphatic hydroxyl groups excluding tert-OH is 1. The van der Waals surface area contributed by atoms with Gasteiger partial charge in [-0.2, -0.15) is 0 Å². The standard InChI is InChI=1S/C31H34N2O8/c1-12(2)14-6-8-15(9-7-14)16-10-11-17(34)20-18(16)13(3)19-21(25(20)35)28(38)31(41)23(26(19)36)24(33(4)5)27(37)22(29(31)39)30(32)40/h6-13,19,21-24,26,34,36,41H,1-5H3,(H2,32,40)/t13-,19+,21?,22?,23+,24-,26-,31-/m1/s1. The largest absolute Gasteiger partial charge is 0.507 e. The van der Waals surface area contributed by atoms with Crippen LogP contribution in [-0.4, -0.2) is 81.1 Å². The first-order valence-corrected chi connectivity index (χ1v) is 13.6. The third kappa shape index (κ3) is 3.84. The molecule has 10 heteroatoms. The first-order chi connectivity index (χ1) is 19.2. The number of amides is 1.